The van der Waals surface area contributed by atoms with Gasteiger partial charge in [0.25, 0.3) is 0 Å². The lowest BCUT2D eigenvalue weighted by molar-refractivity contribution is -0.130. The summed E-state index contributed by atoms with van der Waals surface area (Å²) >= 11 is 1.31. The molecule has 0 saturated carbocycles. The molecule has 14 heavy (non-hydrogen) atoms. The average Bonchev–Trinajstić information content (AvgIpc) is 2.70. The van der Waals surface area contributed by atoms with Crippen LogP contribution in [0.2, 0.25) is 0 Å². The van der Waals surface area contributed by atoms with Crippen molar-refractivity contribution in [3.63, 3.8) is 0 Å². The fourth-order valence-corrected chi connectivity index (χ4v) is 2.09. The average molecular weight is 212 g/mol. The number of nitrogens with zero attached hydrogens (tertiary/aromatic N) is 2. The summed E-state index contributed by atoms with van der Waals surface area (Å²) < 4.78 is 9.18. The van der Waals surface area contributed by atoms with Crippen LogP contribution in [-0.4, -0.2) is 27.6 Å². The minimum atomic E-state index is -0.617. The van der Waals surface area contributed by atoms with Gasteiger partial charge in [0.15, 0.2) is 5.78 Å². The van der Waals surface area contributed by atoms with Crippen LogP contribution in [0.15, 0.2) is 5.38 Å². The Labute approximate surface area is 86.4 Å². The fourth-order valence-electron chi connectivity index (χ4n) is 1.62. The molecule has 2 heterocycles. The summed E-state index contributed by atoms with van der Waals surface area (Å²) in [6.45, 7) is 4.13. The smallest absolute Gasteiger partial charge is 0.169 e. The maximum atomic E-state index is 11.8. The third kappa shape index (κ3) is 1.69. The Bertz CT molecular complexity index is 335. The third-order valence-corrected chi connectivity index (χ3v) is 3.02. The topological polar surface area (TPSA) is 52.1 Å². The van der Waals surface area contributed by atoms with Crippen molar-refractivity contribution in [1.82, 2.24) is 9.59 Å². The molecule has 5 heteroatoms. The molecule has 1 aliphatic heterocycles. The van der Waals surface area contributed by atoms with Gasteiger partial charge in [0, 0.05) is 17.7 Å². The molecule has 1 atom stereocenters. The van der Waals surface area contributed by atoms with Crippen LogP contribution in [0, 0.1) is 5.92 Å². The molecule has 1 aromatic rings. The van der Waals surface area contributed by atoms with Crippen LogP contribution in [0.25, 0.3) is 0 Å². The summed E-state index contributed by atoms with van der Waals surface area (Å²) in [5, 5.41) is 5.80. The first-order valence-electron chi connectivity index (χ1n) is 4.54. The number of rotatable bonds is 2. The number of ketones is 1. The molecule has 1 fully saturated rings. The van der Waals surface area contributed by atoms with Gasteiger partial charge in [-0.3, -0.25) is 4.79 Å². The Morgan fingerprint density at radius 2 is 2.50 bits per heavy atom. The van der Waals surface area contributed by atoms with Gasteiger partial charge in [0.2, 0.25) is 0 Å². The van der Waals surface area contributed by atoms with Crippen LogP contribution in [0.1, 0.15) is 19.5 Å². The highest BCUT2D eigenvalue weighted by Crippen LogP contribution is 2.27. The first kappa shape index (κ1) is 9.73. The molecular weight excluding hydrogens is 200 g/mol. The van der Waals surface area contributed by atoms with E-state index in [9.17, 15) is 4.79 Å². The quantitative estimate of drug-likeness (QED) is 0.736. The van der Waals surface area contributed by atoms with Gasteiger partial charge < -0.3 is 4.74 Å². The van der Waals surface area contributed by atoms with Crippen molar-refractivity contribution in [2.75, 3.05) is 6.61 Å². The lowest BCUT2D eigenvalue weighted by atomic mass is 9.93. The molecule has 0 bridgehead atoms. The SMILES string of the molecule is CC1(C)OCC(Cc2csnn2)C1=O. The number of carbonyl (C=O) groups excluding carboxylic acids is 1. The number of ether oxygens (including phenoxy) is 1. The molecule has 1 aliphatic rings. The van der Waals surface area contributed by atoms with Crippen LogP contribution >= 0.6 is 11.5 Å². The maximum Gasteiger partial charge on any atom is 0.169 e. The van der Waals surface area contributed by atoms with Crippen molar-refractivity contribution in [2.24, 2.45) is 5.92 Å². The van der Waals surface area contributed by atoms with E-state index in [1.54, 1.807) is 0 Å². The second-order valence-electron chi connectivity index (χ2n) is 3.98. The third-order valence-electron chi connectivity index (χ3n) is 2.47. The van der Waals surface area contributed by atoms with Crippen LogP contribution < -0.4 is 0 Å². The maximum absolute atomic E-state index is 11.8. The van der Waals surface area contributed by atoms with E-state index in [2.05, 4.69) is 9.59 Å². The minimum Gasteiger partial charge on any atom is -0.367 e. The Morgan fingerprint density at radius 1 is 1.71 bits per heavy atom. The molecule has 0 spiro atoms. The summed E-state index contributed by atoms with van der Waals surface area (Å²) in [6, 6.07) is 0. The van der Waals surface area contributed by atoms with Crippen LogP contribution in [0.3, 0.4) is 0 Å². The van der Waals surface area contributed by atoms with E-state index in [4.69, 9.17) is 4.74 Å². The lowest BCUT2D eigenvalue weighted by Crippen LogP contribution is -2.30. The molecule has 0 radical (unpaired) electrons. The molecule has 0 N–H and O–H groups in total. The Hall–Kier alpha value is -0.810. The summed E-state index contributed by atoms with van der Waals surface area (Å²) in [6.07, 6.45) is 0.652. The van der Waals surface area contributed by atoms with E-state index in [1.165, 1.54) is 11.5 Å². The van der Waals surface area contributed by atoms with Gasteiger partial charge in [-0.25, -0.2) is 0 Å². The molecule has 0 aromatic carbocycles. The molecule has 1 unspecified atom stereocenters. The van der Waals surface area contributed by atoms with Gasteiger partial charge in [-0.1, -0.05) is 4.49 Å². The summed E-state index contributed by atoms with van der Waals surface area (Å²) in [7, 11) is 0. The largest absolute Gasteiger partial charge is 0.367 e. The molecular formula is C9H12N2O2S. The Morgan fingerprint density at radius 3 is 3.00 bits per heavy atom. The van der Waals surface area contributed by atoms with Gasteiger partial charge in [-0.15, -0.1) is 5.10 Å². The second-order valence-corrected chi connectivity index (χ2v) is 4.59. The summed E-state index contributed by atoms with van der Waals surface area (Å²) in [4.78, 5) is 11.8. The second kappa shape index (κ2) is 3.40. The Kier molecular flexibility index (Phi) is 2.36. The van der Waals surface area contributed by atoms with E-state index < -0.39 is 5.60 Å². The number of hydrogen-bond acceptors (Lipinski definition) is 5. The molecule has 0 aliphatic carbocycles. The first-order valence-corrected chi connectivity index (χ1v) is 5.37. The van der Waals surface area contributed by atoms with E-state index >= 15 is 0 Å². The minimum absolute atomic E-state index is 0.0473. The van der Waals surface area contributed by atoms with E-state index in [1.807, 2.05) is 19.2 Å². The van der Waals surface area contributed by atoms with Crippen LogP contribution in [-0.2, 0) is 16.0 Å². The van der Waals surface area contributed by atoms with Gasteiger partial charge in [0.05, 0.1) is 12.3 Å². The van der Waals surface area contributed by atoms with E-state index in [-0.39, 0.29) is 11.7 Å². The zero-order chi connectivity index (χ0) is 10.2. The fraction of sp³-hybridized carbons (Fsp3) is 0.667. The zero-order valence-electron chi connectivity index (χ0n) is 8.19. The van der Waals surface area contributed by atoms with Gasteiger partial charge in [-0.2, -0.15) is 0 Å². The van der Waals surface area contributed by atoms with Crippen molar-refractivity contribution in [3.05, 3.63) is 11.1 Å². The van der Waals surface area contributed by atoms with Crippen molar-refractivity contribution in [3.8, 4) is 0 Å². The normalized spacial score (nSPS) is 25.6. The number of carbonyl (C=O) groups is 1. The first-order chi connectivity index (χ1) is 6.59. The van der Waals surface area contributed by atoms with E-state index in [0.717, 1.165) is 5.69 Å². The monoisotopic (exact) mass is 212 g/mol. The zero-order valence-corrected chi connectivity index (χ0v) is 9.00. The number of Topliss-reactive ketones (excluding diaryl/α,β-unsaturated/α-hetero) is 1. The van der Waals surface area contributed by atoms with E-state index in [0.29, 0.717) is 13.0 Å². The van der Waals surface area contributed by atoms with Gasteiger partial charge in [-0.05, 0) is 25.4 Å². The molecule has 4 nitrogen and oxygen atoms in total. The number of aromatic nitrogens is 2. The molecule has 0 amide bonds. The van der Waals surface area contributed by atoms with Gasteiger partial charge in [0.1, 0.15) is 5.60 Å². The highest BCUT2D eigenvalue weighted by atomic mass is 32.1. The molecule has 1 aromatic heterocycles. The summed E-state index contributed by atoms with van der Waals surface area (Å²) in [5.41, 5.74) is 0.267. The highest BCUT2D eigenvalue weighted by molar-refractivity contribution is 7.03. The molecule has 2 rings (SSSR count). The predicted octanol–water partition coefficient (Wildman–Crippen LogP) is 1.07. The van der Waals surface area contributed by atoms with Crippen molar-refractivity contribution in [1.29, 1.82) is 0 Å². The van der Waals surface area contributed by atoms with Crippen molar-refractivity contribution >= 4 is 17.3 Å². The molecule has 1 saturated heterocycles. The number of hydrogen-bond donors (Lipinski definition) is 0. The predicted molar refractivity (Wildman–Crippen MR) is 52.1 cm³/mol. The van der Waals surface area contributed by atoms with Gasteiger partial charge >= 0.3 is 0 Å². The van der Waals surface area contributed by atoms with Crippen molar-refractivity contribution < 1.29 is 9.53 Å². The van der Waals surface area contributed by atoms with Crippen molar-refractivity contribution in [2.45, 2.75) is 25.9 Å². The lowest BCUT2D eigenvalue weighted by Gasteiger charge is -2.13. The Balaban J connectivity index is 2.05. The highest BCUT2D eigenvalue weighted by Gasteiger charge is 2.41. The van der Waals surface area contributed by atoms with Crippen LogP contribution in [0.4, 0.5) is 0 Å². The molecule has 76 valence electrons. The standard InChI is InChI=1S/C9H12N2O2S/c1-9(2)8(12)6(4-13-9)3-7-5-14-11-10-7/h5-6H,3-4H2,1-2H3. The summed E-state index contributed by atoms with van der Waals surface area (Å²) in [5.74, 6) is 0.124. The van der Waals surface area contributed by atoms with Crippen LogP contribution in [0.5, 0.6) is 0 Å².